The summed E-state index contributed by atoms with van der Waals surface area (Å²) in [5.74, 6) is 0.623. The molecule has 1 heterocycles. The highest BCUT2D eigenvalue weighted by atomic mass is 35.5. The third-order valence-electron chi connectivity index (χ3n) is 1.88. The van der Waals surface area contributed by atoms with Gasteiger partial charge in [0.2, 0.25) is 5.82 Å². The molecular formula is C10H9ClN2O2. The van der Waals surface area contributed by atoms with Crippen LogP contribution in [0.15, 0.2) is 28.8 Å². The third kappa shape index (κ3) is 2.16. The summed E-state index contributed by atoms with van der Waals surface area (Å²) in [6, 6.07) is 7.12. The van der Waals surface area contributed by atoms with E-state index >= 15 is 0 Å². The Hall–Kier alpha value is -1.39. The molecule has 0 spiro atoms. The second kappa shape index (κ2) is 4.00. The zero-order valence-corrected chi connectivity index (χ0v) is 8.77. The molecule has 1 atom stereocenters. The highest BCUT2D eigenvalue weighted by Gasteiger charge is 2.12. The van der Waals surface area contributed by atoms with Gasteiger partial charge >= 0.3 is 0 Å². The summed E-state index contributed by atoms with van der Waals surface area (Å²) in [6.07, 6.45) is -0.759. The monoisotopic (exact) mass is 224 g/mol. The van der Waals surface area contributed by atoms with Crippen LogP contribution in [0.4, 0.5) is 0 Å². The summed E-state index contributed by atoms with van der Waals surface area (Å²) in [5.41, 5.74) is 0.762. The first-order valence-electron chi connectivity index (χ1n) is 4.44. The van der Waals surface area contributed by atoms with E-state index in [-0.39, 0.29) is 5.89 Å². The van der Waals surface area contributed by atoms with Gasteiger partial charge in [0.25, 0.3) is 5.89 Å². The number of aliphatic hydroxyl groups excluding tert-OH is 1. The van der Waals surface area contributed by atoms with E-state index in [0.29, 0.717) is 10.8 Å². The summed E-state index contributed by atoms with van der Waals surface area (Å²) in [5, 5.41) is 13.6. The summed E-state index contributed by atoms with van der Waals surface area (Å²) in [6.45, 7) is 1.56. The molecule has 0 fully saturated rings. The number of nitrogens with zero attached hydrogens (tertiary/aromatic N) is 2. The molecule has 15 heavy (non-hydrogen) atoms. The molecule has 0 aliphatic rings. The van der Waals surface area contributed by atoms with Crippen LogP contribution >= 0.6 is 11.6 Å². The Morgan fingerprint density at radius 3 is 2.87 bits per heavy atom. The van der Waals surface area contributed by atoms with Crippen molar-refractivity contribution in [1.82, 2.24) is 10.1 Å². The molecule has 2 aromatic rings. The van der Waals surface area contributed by atoms with Crippen molar-refractivity contribution in [2.24, 2.45) is 0 Å². The topological polar surface area (TPSA) is 59.2 Å². The standard InChI is InChI=1S/C10H9ClN2O2/c1-6(14)10-12-9(13-15-10)7-3-2-4-8(11)5-7/h2-6,14H,1H3/t6-/m0/s1. The molecule has 0 aliphatic heterocycles. The van der Waals surface area contributed by atoms with Crippen molar-refractivity contribution < 1.29 is 9.63 Å². The van der Waals surface area contributed by atoms with Gasteiger partial charge in [-0.3, -0.25) is 0 Å². The number of halogens is 1. The maximum absolute atomic E-state index is 9.22. The van der Waals surface area contributed by atoms with E-state index in [1.807, 2.05) is 6.07 Å². The minimum Gasteiger partial charge on any atom is -0.384 e. The van der Waals surface area contributed by atoms with E-state index in [1.54, 1.807) is 25.1 Å². The van der Waals surface area contributed by atoms with Crippen LogP contribution in [0.1, 0.15) is 18.9 Å². The van der Waals surface area contributed by atoms with Crippen LogP contribution in [0.5, 0.6) is 0 Å². The van der Waals surface area contributed by atoms with Gasteiger partial charge in [0.1, 0.15) is 6.10 Å². The van der Waals surface area contributed by atoms with Crippen molar-refractivity contribution >= 4 is 11.6 Å². The molecule has 5 heteroatoms. The summed E-state index contributed by atoms with van der Waals surface area (Å²) in [7, 11) is 0. The first-order chi connectivity index (χ1) is 7.16. The number of hydrogen-bond acceptors (Lipinski definition) is 4. The van der Waals surface area contributed by atoms with Crippen molar-refractivity contribution in [3.63, 3.8) is 0 Å². The average Bonchev–Trinajstić information content (AvgIpc) is 2.66. The van der Waals surface area contributed by atoms with Crippen LogP contribution in [0.2, 0.25) is 5.02 Å². The van der Waals surface area contributed by atoms with Crippen molar-refractivity contribution in [2.45, 2.75) is 13.0 Å². The van der Waals surface area contributed by atoms with Crippen LogP contribution in [0.25, 0.3) is 11.4 Å². The van der Waals surface area contributed by atoms with Crippen LogP contribution in [-0.2, 0) is 0 Å². The normalized spacial score (nSPS) is 12.7. The van der Waals surface area contributed by atoms with Crippen LogP contribution in [0, 0.1) is 0 Å². The molecular weight excluding hydrogens is 216 g/mol. The smallest absolute Gasteiger partial charge is 0.255 e. The van der Waals surface area contributed by atoms with Crippen LogP contribution in [0.3, 0.4) is 0 Å². The van der Waals surface area contributed by atoms with E-state index in [9.17, 15) is 5.11 Å². The highest BCUT2D eigenvalue weighted by Crippen LogP contribution is 2.21. The molecule has 0 amide bonds. The molecule has 1 N–H and O–H groups in total. The summed E-state index contributed by atoms with van der Waals surface area (Å²) >= 11 is 5.83. The van der Waals surface area contributed by atoms with Gasteiger partial charge in [0.15, 0.2) is 0 Å². The second-order valence-corrected chi connectivity index (χ2v) is 3.58. The van der Waals surface area contributed by atoms with Crippen LogP contribution in [-0.4, -0.2) is 15.2 Å². The fourth-order valence-electron chi connectivity index (χ4n) is 1.15. The van der Waals surface area contributed by atoms with Crippen LogP contribution < -0.4 is 0 Å². The lowest BCUT2D eigenvalue weighted by Gasteiger charge is -1.94. The number of rotatable bonds is 2. The molecule has 0 aliphatic carbocycles. The Balaban J connectivity index is 2.37. The zero-order chi connectivity index (χ0) is 10.8. The zero-order valence-electron chi connectivity index (χ0n) is 8.01. The maximum atomic E-state index is 9.22. The molecule has 0 bridgehead atoms. The molecule has 0 unspecified atom stereocenters. The van der Waals surface area contributed by atoms with E-state index in [2.05, 4.69) is 10.1 Å². The predicted molar refractivity (Wildman–Crippen MR) is 55.4 cm³/mol. The van der Waals surface area contributed by atoms with E-state index in [4.69, 9.17) is 16.1 Å². The largest absolute Gasteiger partial charge is 0.384 e. The Labute approximate surface area is 91.5 Å². The third-order valence-corrected chi connectivity index (χ3v) is 2.12. The van der Waals surface area contributed by atoms with Gasteiger partial charge in [-0.25, -0.2) is 0 Å². The van der Waals surface area contributed by atoms with Crippen molar-refractivity contribution in [3.05, 3.63) is 35.2 Å². The molecule has 0 radical (unpaired) electrons. The van der Waals surface area contributed by atoms with E-state index < -0.39 is 6.10 Å². The predicted octanol–water partition coefficient (Wildman–Crippen LogP) is 2.44. The first kappa shape index (κ1) is 10.1. The van der Waals surface area contributed by atoms with Gasteiger partial charge in [0, 0.05) is 10.6 Å². The van der Waals surface area contributed by atoms with Crippen molar-refractivity contribution in [1.29, 1.82) is 0 Å². The minimum absolute atomic E-state index is 0.199. The van der Waals surface area contributed by atoms with Gasteiger partial charge < -0.3 is 9.63 Å². The van der Waals surface area contributed by atoms with Crippen molar-refractivity contribution in [3.8, 4) is 11.4 Å². The number of benzene rings is 1. The van der Waals surface area contributed by atoms with E-state index in [1.165, 1.54) is 0 Å². The minimum atomic E-state index is -0.759. The summed E-state index contributed by atoms with van der Waals surface area (Å²) < 4.78 is 4.87. The second-order valence-electron chi connectivity index (χ2n) is 3.14. The van der Waals surface area contributed by atoms with Crippen molar-refractivity contribution in [2.75, 3.05) is 0 Å². The van der Waals surface area contributed by atoms with Gasteiger partial charge in [-0.15, -0.1) is 0 Å². The SMILES string of the molecule is C[C@H](O)c1nc(-c2cccc(Cl)c2)no1. The lowest BCUT2D eigenvalue weighted by atomic mass is 10.2. The molecule has 1 aromatic carbocycles. The van der Waals surface area contributed by atoms with E-state index in [0.717, 1.165) is 5.56 Å². The van der Waals surface area contributed by atoms with Gasteiger partial charge in [-0.05, 0) is 19.1 Å². The van der Waals surface area contributed by atoms with Gasteiger partial charge in [-0.1, -0.05) is 28.9 Å². The Morgan fingerprint density at radius 1 is 1.47 bits per heavy atom. The molecule has 4 nitrogen and oxygen atoms in total. The molecule has 2 rings (SSSR count). The highest BCUT2D eigenvalue weighted by molar-refractivity contribution is 6.30. The number of aromatic nitrogens is 2. The molecule has 1 aromatic heterocycles. The fourth-order valence-corrected chi connectivity index (χ4v) is 1.34. The lowest BCUT2D eigenvalue weighted by Crippen LogP contribution is -1.90. The Bertz CT molecular complexity index is 468. The molecule has 0 saturated heterocycles. The molecule has 0 saturated carbocycles. The Kier molecular flexibility index (Phi) is 2.70. The lowest BCUT2D eigenvalue weighted by molar-refractivity contribution is 0.152. The summed E-state index contributed by atoms with van der Waals surface area (Å²) in [4.78, 5) is 4.03. The first-order valence-corrected chi connectivity index (χ1v) is 4.82. The number of aliphatic hydroxyl groups is 1. The molecule has 78 valence electrons. The fraction of sp³-hybridized carbons (Fsp3) is 0.200. The number of hydrogen-bond donors (Lipinski definition) is 1. The quantitative estimate of drug-likeness (QED) is 0.851. The van der Waals surface area contributed by atoms with Gasteiger partial charge in [0.05, 0.1) is 0 Å². The van der Waals surface area contributed by atoms with Gasteiger partial charge in [-0.2, -0.15) is 4.98 Å². The Morgan fingerprint density at radius 2 is 2.27 bits per heavy atom. The average molecular weight is 225 g/mol. The maximum Gasteiger partial charge on any atom is 0.255 e.